The van der Waals surface area contributed by atoms with Crippen molar-refractivity contribution in [3.8, 4) is 0 Å². The fourth-order valence-electron chi connectivity index (χ4n) is 14.1. The van der Waals surface area contributed by atoms with Crippen LogP contribution in [-0.2, 0) is 68.5 Å². The highest BCUT2D eigenvalue weighted by molar-refractivity contribution is 6.01. The number of carbonyl (C=O) groups is 8. The molecule has 4 aliphatic carbocycles. The van der Waals surface area contributed by atoms with Gasteiger partial charge in [-0.3, -0.25) is 28.8 Å². The molecule has 6 amide bonds. The summed E-state index contributed by atoms with van der Waals surface area (Å²) in [6.45, 7) is 18.1. The Kier molecular flexibility index (Phi) is 22.1. The fraction of sp³-hybridized carbons (Fsp3) is 0.710. The number of benzene rings is 1. The number of aliphatic hydroxyl groups excluding tert-OH is 2. The van der Waals surface area contributed by atoms with Crippen LogP contribution < -0.4 is 38.1 Å². The summed E-state index contributed by atoms with van der Waals surface area (Å²) in [6.07, 6.45) is 4.22. The molecule has 6 aliphatic rings. The molecule has 5 fully saturated rings. The fourth-order valence-corrected chi connectivity index (χ4v) is 14.1. The van der Waals surface area contributed by atoms with Crippen molar-refractivity contribution in [3.63, 3.8) is 0 Å². The Labute approximate surface area is 504 Å². The van der Waals surface area contributed by atoms with Gasteiger partial charge < -0.3 is 81.4 Å². The van der Waals surface area contributed by atoms with Crippen LogP contribution in [0.25, 0.3) is 0 Å². The predicted molar refractivity (Wildman–Crippen MR) is 313 cm³/mol. The third kappa shape index (κ3) is 15.9. The number of hydrogen-bond donors (Lipinski definition) is 9. The summed E-state index contributed by atoms with van der Waals surface area (Å²) in [5.41, 5.74) is 9.66. The van der Waals surface area contributed by atoms with E-state index in [0.29, 0.717) is 37.1 Å². The molecular weight excluding hydrogens is 1110 g/mol. The number of rotatable bonds is 28. The highest BCUT2D eigenvalue weighted by Gasteiger charge is 2.76. The Balaban J connectivity index is 0.881. The zero-order valence-electron chi connectivity index (χ0n) is 51.5. The molecular formula is C62H93N7O17. The quantitative estimate of drug-likeness (QED) is 0.0415. The molecule has 7 rings (SSSR count). The first kappa shape index (κ1) is 67.6. The van der Waals surface area contributed by atoms with Crippen LogP contribution in [0, 0.1) is 34.5 Å². The minimum atomic E-state index is -1.49. The van der Waals surface area contributed by atoms with Crippen molar-refractivity contribution in [2.24, 2.45) is 46.0 Å². The highest BCUT2D eigenvalue weighted by Crippen LogP contribution is 2.70. The Morgan fingerprint density at radius 1 is 0.930 bits per heavy atom. The number of primary amides is 1. The molecule has 86 heavy (non-hydrogen) atoms. The van der Waals surface area contributed by atoms with E-state index >= 15 is 0 Å². The van der Waals surface area contributed by atoms with Crippen molar-refractivity contribution in [2.75, 3.05) is 31.6 Å². The number of fused-ring (bicyclic) bond motifs is 7. The predicted octanol–water partition coefficient (Wildman–Crippen LogP) is 4.40. The SMILES string of the molecule is CCCC1O[C@@H]2C[C@H]3[C@@H]4CCC5=CC(=O)C=C[C@]5(C)[C@H]4[C@@H](O)C[C@]3(C)[C@]2(C(=O)COC(=O)OCc2ccc(NC(=O)[C@H](CCCNC(N)=O)NC(=O)[C@@H](NC(=O)[C@H](N)CCC(=O)NC[C@H](O)CC(C)(C)O[C@@H](C)[C@H]3COC(C)(C)O3)C(C)C)cc2)O1. The molecule has 15 atom stereocenters. The topological polar surface area (TPSA) is 354 Å². The molecule has 0 bridgehead atoms. The van der Waals surface area contributed by atoms with Gasteiger partial charge in [-0.1, -0.05) is 64.8 Å². The third-order valence-corrected chi connectivity index (χ3v) is 18.3. The van der Waals surface area contributed by atoms with Gasteiger partial charge in [0.1, 0.15) is 24.8 Å². The average Bonchev–Trinajstić information content (AvgIpc) is 1.48. The molecule has 2 aliphatic heterocycles. The standard InChI is InChI=1S/C62H93N7O17/c1-11-13-50-83-48-27-42-41-20-17-37-26-39(70)23-24-60(37,9)51(41)45(72)29-61(42,10)62(48,86-50)47(73)33-81-57(79)80-31-36-15-18-38(19-16-36)67-54(76)44(14-12-25-65-56(64)78)68-55(77)52(34(2)3)69-53(75)43(63)21-22-49(74)66-30-40(71)28-58(5,6)84-35(4)46-32-82-59(7,8)85-46/h15-16,18-19,23-24,26,34-35,40-46,48,50-52,71-72H,11-14,17,20-22,25,27-33,63H2,1-10H3,(H,66,74)(H,67,76)(H,68,77)(H,69,75)(H3,64,65,78)/t35-,40+,41-,42-,43+,44-,45-,46+,48+,50?,51+,52-,60-,61-,62+/m0/s1. The zero-order valence-corrected chi connectivity index (χ0v) is 51.5. The van der Waals surface area contributed by atoms with Crippen LogP contribution in [0.4, 0.5) is 15.3 Å². The summed E-state index contributed by atoms with van der Waals surface area (Å²) < 4.78 is 41.8. The van der Waals surface area contributed by atoms with E-state index in [0.717, 1.165) is 18.4 Å². The van der Waals surface area contributed by atoms with Gasteiger partial charge >= 0.3 is 12.2 Å². The second-order valence-corrected chi connectivity index (χ2v) is 26.1. The van der Waals surface area contributed by atoms with Crippen molar-refractivity contribution in [1.82, 2.24) is 21.3 Å². The van der Waals surface area contributed by atoms with E-state index in [1.54, 1.807) is 50.3 Å². The van der Waals surface area contributed by atoms with Crippen LogP contribution in [0.5, 0.6) is 0 Å². The Hall–Kier alpha value is -5.86. The normalized spacial score (nSPS) is 29.8. The summed E-state index contributed by atoms with van der Waals surface area (Å²) >= 11 is 0. The molecule has 24 heteroatoms. The maximum Gasteiger partial charge on any atom is 0.509 e. The number of hydrogen-bond acceptors (Lipinski definition) is 18. The van der Waals surface area contributed by atoms with Gasteiger partial charge in [-0.25, -0.2) is 9.59 Å². The van der Waals surface area contributed by atoms with Gasteiger partial charge in [-0.15, -0.1) is 0 Å². The number of urea groups is 1. The van der Waals surface area contributed by atoms with Crippen LogP contribution in [-0.4, -0.2) is 156 Å². The Bertz CT molecular complexity index is 2700. The van der Waals surface area contributed by atoms with E-state index < -0.39 is 125 Å². The lowest BCUT2D eigenvalue weighted by Crippen LogP contribution is -2.63. The van der Waals surface area contributed by atoms with E-state index in [9.17, 15) is 48.6 Å². The number of ether oxygens (including phenoxy) is 7. The summed E-state index contributed by atoms with van der Waals surface area (Å²) in [6, 6.07) is 2.02. The lowest BCUT2D eigenvalue weighted by atomic mass is 9.46. The molecule has 2 heterocycles. The number of nitrogens with one attached hydrogen (secondary N) is 5. The maximum atomic E-state index is 14.6. The van der Waals surface area contributed by atoms with E-state index in [1.165, 1.54) is 0 Å². The summed E-state index contributed by atoms with van der Waals surface area (Å²) in [5, 5.41) is 36.1. The summed E-state index contributed by atoms with van der Waals surface area (Å²) in [7, 11) is 0. The molecule has 1 aromatic carbocycles. The molecule has 0 spiro atoms. The number of ketones is 2. The van der Waals surface area contributed by atoms with Gasteiger partial charge in [0.15, 0.2) is 30.1 Å². The molecule has 3 saturated carbocycles. The van der Waals surface area contributed by atoms with Crippen LogP contribution in [0.1, 0.15) is 145 Å². The molecule has 0 aromatic heterocycles. The lowest BCUT2D eigenvalue weighted by molar-refractivity contribution is -0.200. The monoisotopic (exact) mass is 1210 g/mol. The van der Waals surface area contributed by atoms with Crippen molar-refractivity contribution < 1.29 is 81.7 Å². The maximum absolute atomic E-state index is 14.6. The third-order valence-electron chi connectivity index (χ3n) is 18.3. The van der Waals surface area contributed by atoms with Crippen LogP contribution in [0.3, 0.4) is 0 Å². The number of amides is 6. The van der Waals surface area contributed by atoms with E-state index in [1.807, 2.05) is 54.5 Å². The van der Waals surface area contributed by atoms with Gasteiger partial charge in [-0.2, -0.15) is 0 Å². The van der Waals surface area contributed by atoms with Gasteiger partial charge in [0.25, 0.3) is 0 Å². The van der Waals surface area contributed by atoms with Crippen molar-refractivity contribution in [3.05, 3.63) is 53.6 Å². The first-order valence-corrected chi connectivity index (χ1v) is 30.4. The second-order valence-electron chi connectivity index (χ2n) is 26.1. The lowest BCUT2D eigenvalue weighted by Gasteiger charge is -2.59. The number of nitrogens with two attached hydrogens (primary N) is 2. The Morgan fingerprint density at radius 3 is 2.31 bits per heavy atom. The molecule has 2 saturated heterocycles. The summed E-state index contributed by atoms with van der Waals surface area (Å²) in [5.74, 6) is -4.41. The highest BCUT2D eigenvalue weighted by atomic mass is 16.8. The molecule has 1 unspecified atom stereocenters. The average molecular weight is 1210 g/mol. The largest absolute Gasteiger partial charge is 0.509 e. The number of Topliss-reactive ketones (excluding diaryl/α,β-unsaturated/α-hetero) is 1. The van der Waals surface area contributed by atoms with Crippen LogP contribution in [0.15, 0.2) is 48.1 Å². The number of carbonyl (C=O) groups excluding carboxylic acids is 8. The van der Waals surface area contributed by atoms with E-state index in [4.69, 9.17) is 44.6 Å². The first-order valence-electron chi connectivity index (χ1n) is 30.4. The van der Waals surface area contributed by atoms with E-state index in [-0.39, 0.29) is 94.0 Å². The van der Waals surface area contributed by atoms with Crippen molar-refractivity contribution in [1.29, 1.82) is 0 Å². The molecule has 0 radical (unpaired) electrons. The Morgan fingerprint density at radius 2 is 1.65 bits per heavy atom. The minimum Gasteiger partial charge on any atom is -0.429 e. The number of allylic oxidation sites excluding steroid dienone is 4. The van der Waals surface area contributed by atoms with Crippen molar-refractivity contribution >= 4 is 53.1 Å². The van der Waals surface area contributed by atoms with Gasteiger partial charge in [-0.05, 0) is 134 Å². The molecule has 11 N–H and O–H groups in total. The smallest absolute Gasteiger partial charge is 0.429 e. The van der Waals surface area contributed by atoms with Gasteiger partial charge in [0.2, 0.25) is 29.4 Å². The van der Waals surface area contributed by atoms with Crippen LogP contribution in [0.2, 0.25) is 0 Å². The first-order chi connectivity index (χ1) is 40.4. The minimum absolute atomic E-state index is 0.00876. The van der Waals surface area contributed by atoms with Crippen LogP contribution >= 0.6 is 0 Å². The van der Waals surface area contributed by atoms with Crippen molar-refractivity contribution in [2.45, 2.75) is 218 Å². The van der Waals surface area contributed by atoms with Gasteiger partial charge in [0.05, 0.1) is 42.7 Å². The summed E-state index contributed by atoms with van der Waals surface area (Å²) in [4.78, 5) is 105. The number of aliphatic hydroxyl groups is 2. The zero-order chi connectivity index (χ0) is 63.1. The van der Waals surface area contributed by atoms with E-state index in [2.05, 4.69) is 33.5 Å². The number of anilines is 1. The second kappa shape index (κ2) is 28.1. The van der Waals surface area contributed by atoms with Gasteiger partial charge in [0, 0.05) is 48.4 Å². The molecule has 1 aromatic rings. The molecule has 24 nitrogen and oxygen atoms in total. The molecule has 478 valence electrons.